The summed E-state index contributed by atoms with van der Waals surface area (Å²) in [6.45, 7) is 6.11. The summed E-state index contributed by atoms with van der Waals surface area (Å²) in [5, 5.41) is 6.97. The quantitative estimate of drug-likeness (QED) is 0.610. The highest BCUT2D eigenvalue weighted by molar-refractivity contribution is 6.29. The van der Waals surface area contributed by atoms with Gasteiger partial charge in [0.05, 0.1) is 19.4 Å². The lowest BCUT2D eigenvalue weighted by Gasteiger charge is -2.31. The number of carbonyl (C=O) groups excluding carboxylic acids is 1. The SMILES string of the molecule is COc1cc(Cl)nc(OC(CCOC(N)=O)C(C)(C)C)c1-c1cc(N)n[nH]1. The Labute approximate surface area is 162 Å². The summed E-state index contributed by atoms with van der Waals surface area (Å²) >= 11 is 6.13. The zero-order valence-electron chi connectivity index (χ0n) is 15.7. The minimum atomic E-state index is -0.834. The number of nitrogens with zero attached hydrogens (tertiary/aromatic N) is 2. The number of carbonyl (C=O) groups is 1. The van der Waals surface area contributed by atoms with Gasteiger partial charge in [0.15, 0.2) is 0 Å². The number of rotatable bonds is 7. The van der Waals surface area contributed by atoms with Gasteiger partial charge in [-0.1, -0.05) is 32.4 Å². The van der Waals surface area contributed by atoms with E-state index in [1.807, 2.05) is 20.8 Å². The van der Waals surface area contributed by atoms with Crippen LogP contribution in [0.3, 0.4) is 0 Å². The van der Waals surface area contributed by atoms with Gasteiger partial charge in [0.25, 0.3) is 0 Å². The van der Waals surface area contributed by atoms with Crippen molar-refractivity contribution in [2.75, 3.05) is 19.5 Å². The molecule has 27 heavy (non-hydrogen) atoms. The molecule has 0 aliphatic heterocycles. The third-order valence-corrected chi connectivity index (χ3v) is 4.04. The molecule has 0 aliphatic carbocycles. The fourth-order valence-electron chi connectivity index (χ4n) is 2.50. The number of anilines is 1. The maximum atomic E-state index is 10.8. The molecule has 5 N–H and O–H groups in total. The number of hydrogen-bond donors (Lipinski definition) is 3. The van der Waals surface area contributed by atoms with E-state index in [0.29, 0.717) is 29.2 Å². The van der Waals surface area contributed by atoms with E-state index in [4.69, 9.17) is 37.3 Å². The van der Waals surface area contributed by atoms with Crippen LogP contribution in [0.5, 0.6) is 11.6 Å². The van der Waals surface area contributed by atoms with Gasteiger partial charge in [-0.3, -0.25) is 5.10 Å². The molecular weight excluding hydrogens is 374 g/mol. The maximum Gasteiger partial charge on any atom is 0.404 e. The molecule has 2 aromatic heterocycles. The first-order chi connectivity index (χ1) is 12.6. The van der Waals surface area contributed by atoms with Crippen LogP contribution >= 0.6 is 11.6 Å². The third-order valence-electron chi connectivity index (χ3n) is 3.85. The molecule has 1 unspecified atom stereocenters. The Bertz CT molecular complexity index is 803. The molecule has 10 heteroatoms. The van der Waals surface area contributed by atoms with Gasteiger partial charge in [0.1, 0.15) is 28.4 Å². The molecule has 0 aliphatic rings. The molecule has 1 amide bonds. The van der Waals surface area contributed by atoms with E-state index in [1.54, 1.807) is 12.1 Å². The number of amides is 1. The van der Waals surface area contributed by atoms with Crippen molar-refractivity contribution in [2.24, 2.45) is 11.1 Å². The fourth-order valence-corrected chi connectivity index (χ4v) is 2.68. The molecular formula is C17H24ClN5O4. The molecule has 9 nitrogen and oxygen atoms in total. The molecule has 2 rings (SSSR count). The van der Waals surface area contributed by atoms with Gasteiger partial charge in [-0.25, -0.2) is 9.78 Å². The van der Waals surface area contributed by atoms with Crippen LogP contribution in [0, 0.1) is 5.41 Å². The van der Waals surface area contributed by atoms with Crippen LogP contribution in [-0.2, 0) is 4.74 Å². The highest BCUT2D eigenvalue weighted by Gasteiger charge is 2.29. The molecule has 0 saturated heterocycles. The molecule has 0 spiro atoms. The van der Waals surface area contributed by atoms with Crippen molar-refractivity contribution < 1.29 is 19.0 Å². The van der Waals surface area contributed by atoms with Gasteiger partial charge < -0.3 is 25.7 Å². The molecule has 0 radical (unpaired) electrons. The van der Waals surface area contributed by atoms with Crippen LogP contribution in [0.2, 0.25) is 5.15 Å². The van der Waals surface area contributed by atoms with Crippen molar-refractivity contribution in [3.63, 3.8) is 0 Å². The zero-order chi connectivity index (χ0) is 20.2. The van der Waals surface area contributed by atoms with E-state index in [-0.39, 0.29) is 29.2 Å². The largest absolute Gasteiger partial charge is 0.496 e. The number of nitrogens with one attached hydrogen (secondary N) is 1. The lowest BCUT2D eigenvalue weighted by molar-refractivity contribution is 0.0529. The Morgan fingerprint density at radius 3 is 2.59 bits per heavy atom. The second-order valence-corrected chi connectivity index (χ2v) is 7.35. The summed E-state index contributed by atoms with van der Waals surface area (Å²) in [6, 6.07) is 3.21. The van der Waals surface area contributed by atoms with Gasteiger partial charge >= 0.3 is 6.09 Å². The molecule has 0 aromatic carbocycles. The van der Waals surface area contributed by atoms with Crippen molar-refractivity contribution in [1.82, 2.24) is 15.2 Å². The maximum absolute atomic E-state index is 10.8. The van der Waals surface area contributed by atoms with Gasteiger partial charge in [0, 0.05) is 18.6 Å². The van der Waals surface area contributed by atoms with Crippen molar-refractivity contribution in [3.8, 4) is 22.9 Å². The summed E-state index contributed by atoms with van der Waals surface area (Å²) in [5.41, 5.74) is 11.6. The first-order valence-corrected chi connectivity index (χ1v) is 8.64. The van der Waals surface area contributed by atoms with E-state index in [1.165, 1.54) is 7.11 Å². The van der Waals surface area contributed by atoms with Crippen LogP contribution in [0.25, 0.3) is 11.3 Å². The molecule has 2 aromatic rings. The van der Waals surface area contributed by atoms with Gasteiger partial charge in [-0.15, -0.1) is 0 Å². The van der Waals surface area contributed by atoms with Crippen LogP contribution in [0.4, 0.5) is 10.6 Å². The Balaban J connectivity index is 2.42. The number of hydrogen-bond acceptors (Lipinski definition) is 7. The van der Waals surface area contributed by atoms with Crippen molar-refractivity contribution in [2.45, 2.75) is 33.3 Å². The van der Waals surface area contributed by atoms with E-state index in [0.717, 1.165) is 0 Å². The number of aromatic amines is 1. The van der Waals surface area contributed by atoms with Gasteiger partial charge in [-0.2, -0.15) is 5.10 Å². The predicted molar refractivity (Wildman–Crippen MR) is 102 cm³/mol. The number of nitrogens with two attached hydrogens (primary N) is 2. The smallest absolute Gasteiger partial charge is 0.404 e. The second kappa shape index (κ2) is 8.34. The number of pyridine rings is 1. The second-order valence-electron chi connectivity index (χ2n) is 6.96. The first kappa shape index (κ1) is 20.6. The molecule has 0 bridgehead atoms. The summed E-state index contributed by atoms with van der Waals surface area (Å²) in [6.07, 6.45) is -0.779. The Morgan fingerprint density at radius 1 is 1.37 bits per heavy atom. The Morgan fingerprint density at radius 2 is 2.07 bits per heavy atom. The van der Waals surface area contributed by atoms with Crippen molar-refractivity contribution in [1.29, 1.82) is 0 Å². The first-order valence-electron chi connectivity index (χ1n) is 8.26. The summed E-state index contributed by atoms with van der Waals surface area (Å²) in [5.74, 6) is 1.02. The normalized spacial score (nSPS) is 12.5. The van der Waals surface area contributed by atoms with Gasteiger partial charge in [-0.05, 0) is 5.41 Å². The Hall–Kier alpha value is -2.68. The summed E-state index contributed by atoms with van der Waals surface area (Å²) < 4.78 is 16.5. The van der Waals surface area contributed by atoms with Gasteiger partial charge in [0.2, 0.25) is 5.88 Å². The van der Waals surface area contributed by atoms with Crippen LogP contribution in [0.1, 0.15) is 27.2 Å². The van der Waals surface area contributed by atoms with E-state index < -0.39 is 6.09 Å². The standard InChI is InChI=1S/C17H24ClN5O4/c1-17(2,3)11(5-6-26-16(20)24)27-15-14(9-7-13(19)23-22-9)10(25-4)8-12(18)21-15/h7-8,11H,5-6H2,1-4H3,(H2,20,24)(H3,19,22,23). The van der Waals surface area contributed by atoms with Crippen LogP contribution in [0.15, 0.2) is 12.1 Å². The molecule has 0 saturated carbocycles. The van der Waals surface area contributed by atoms with E-state index in [2.05, 4.69) is 15.2 Å². The zero-order valence-corrected chi connectivity index (χ0v) is 16.5. The summed E-state index contributed by atoms with van der Waals surface area (Å²) in [7, 11) is 1.51. The molecule has 2 heterocycles. The fraction of sp³-hybridized carbons (Fsp3) is 0.471. The van der Waals surface area contributed by atoms with Crippen LogP contribution in [-0.4, -0.2) is 41.1 Å². The van der Waals surface area contributed by atoms with E-state index in [9.17, 15) is 4.79 Å². The minimum absolute atomic E-state index is 0.112. The van der Waals surface area contributed by atoms with Crippen molar-refractivity contribution >= 4 is 23.5 Å². The average molecular weight is 398 g/mol. The highest BCUT2D eigenvalue weighted by Crippen LogP contribution is 2.40. The predicted octanol–water partition coefficient (Wildman–Crippen LogP) is 2.99. The monoisotopic (exact) mass is 397 g/mol. The number of methoxy groups -OCH3 is 1. The number of nitrogen functional groups attached to an aromatic ring is 1. The van der Waals surface area contributed by atoms with E-state index >= 15 is 0 Å². The number of H-pyrrole nitrogens is 1. The molecule has 1 atom stereocenters. The Kier molecular flexibility index (Phi) is 6.37. The third kappa shape index (κ3) is 5.40. The topological polar surface area (TPSA) is 138 Å². The summed E-state index contributed by atoms with van der Waals surface area (Å²) in [4.78, 5) is 15.2. The lowest BCUT2D eigenvalue weighted by atomic mass is 9.87. The lowest BCUT2D eigenvalue weighted by Crippen LogP contribution is -2.34. The minimum Gasteiger partial charge on any atom is -0.496 e. The number of ether oxygens (including phenoxy) is 3. The molecule has 0 fully saturated rings. The number of primary amides is 1. The number of aromatic nitrogens is 3. The molecule has 148 valence electrons. The van der Waals surface area contributed by atoms with Crippen molar-refractivity contribution in [3.05, 3.63) is 17.3 Å². The average Bonchev–Trinajstić information content (AvgIpc) is 2.98. The highest BCUT2D eigenvalue weighted by atomic mass is 35.5. The van der Waals surface area contributed by atoms with Crippen LogP contribution < -0.4 is 20.9 Å². The number of halogens is 1.